The molecule has 0 aromatic heterocycles. The van der Waals surface area contributed by atoms with E-state index < -0.39 is 0 Å². The van der Waals surface area contributed by atoms with Crippen molar-refractivity contribution in [2.24, 2.45) is 0 Å². The molecule has 0 saturated heterocycles. The molecular formula is C16H11BrO. The Morgan fingerprint density at radius 3 is 2.50 bits per heavy atom. The molecule has 0 bridgehead atoms. The Labute approximate surface area is 114 Å². The summed E-state index contributed by atoms with van der Waals surface area (Å²) in [5, 5.41) is 10.2. The summed E-state index contributed by atoms with van der Waals surface area (Å²) < 4.78 is 1.01. The van der Waals surface area contributed by atoms with Crippen molar-refractivity contribution >= 4 is 39.9 Å². The molecule has 0 heterocycles. The predicted octanol–water partition coefficient (Wildman–Crippen LogP) is 4.99. The zero-order valence-corrected chi connectivity index (χ0v) is 11.2. The van der Waals surface area contributed by atoms with E-state index in [0.717, 1.165) is 26.7 Å². The lowest BCUT2D eigenvalue weighted by Gasteiger charge is -2.10. The molecule has 0 fully saturated rings. The minimum absolute atomic E-state index is 0.300. The van der Waals surface area contributed by atoms with Crippen LogP contribution in [0.15, 0.2) is 46.9 Å². The second-order valence-electron chi connectivity index (χ2n) is 4.22. The van der Waals surface area contributed by atoms with Gasteiger partial charge in [0.25, 0.3) is 0 Å². The summed E-state index contributed by atoms with van der Waals surface area (Å²) in [5.41, 5.74) is 3.99. The summed E-state index contributed by atoms with van der Waals surface area (Å²) in [6.07, 6.45) is 5.91. The van der Waals surface area contributed by atoms with Gasteiger partial charge in [-0.15, -0.1) is 0 Å². The average molecular weight is 299 g/mol. The Hall–Kier alpha value is -1.80. The van der Waals surface area contributed by atoms with Crippen molar-refractivity contribution in [3.05, 3.63) is 69.2 Å². The van der Waals surface area contributed by atoms with E-state index in [2.05, 4.69) is 22.0 Å². The quantitative estimate of drug-likeness (QED) is 0.726. The van der Waals surface area contributed by atoms with Crippen LogP contribution in [0.1, 0.15) is 22.3 Å². The summed E-state index contributed by atoms with van der Waals surface area (Å²) in [6, 6.07) is 13.9. The molecule has 0 spiro atoms. The zero-order valence-electron chi connectivity index (χ0n) is 9.60. The molecule has 2 aromatic rings. The van der Waals surface area contributed by atoms with E-state index >= 15 is 0 Å². The highest BCUT2D eigenvalue weighted by Crippen LogP contribution is 2.28. The van der Waals surface area contributed by atoms with Crippen molar-refractivity contribution in [2.75, 3.05) is 0 Å². The Bertz CT molecular complexity index is 669. The maximum atomic E-state index is 10.2. The van der Waals surface area contributed by atoms with Crippen LogP contribution in [0.4, 0.5) is 0 Å². The fourth-order valence-corrected chi connectivity index (χ4v) is 2.48. The van der Waals surface area contributed by atoms with E-state index in [-0.39, 0.29) is 0 Å². The van der Waals surface area contributed by atoms with Gasteiger partial charge in [-0.25, -0.2) is 0 Å². The third-order valence-corrected chi connectivity index (χ3v) is 3.51. The molecule has 88 valence electrons. The molecule has 2 heteroatoms. The smallest absolute Gasteiger partial charge is 0.124 e. The molecule has 0 amide bonds. The number of rotatable bonds is 0. The standard InChI is InChI=1S/C16H11BrO/c17-14-8-7-11-5-6-12-3-1-2-4-15(12)16(18)10-13(11)9-14/h1-10,18H/b6-5-,11-5?,12-6?,13-10?,16-10+,16-15?. The van der Waals surface area contributed by atoms with Crippen molar-refractivity contribution in [1.29, 1.82) is 0 Å². The third-order valence-electron chi connectivity index (χ3n) is 3.02. The second-order valence-corrected chi connectivity index (χ2v) is 5.14. The zero-order chi connectivity index (χ0) is 12.5. The van der Waals surface area contributed by atoms with Crippen LogP contribution >= 0.6 is 15.9 Å². The van der Waals surface area contributed by atoms with Gasteiger partial charge in [0.1, 0.15) is 5.76 Å². The Morgan fingerprint density at radius 1 is 0.833 bits per heavy atom. The first-order valence-corrected chi connectivity index (χ1v) is 6.51. The lowest BCUT2D eigenvalue weighted by molar-refractivity contribution is 0.515. The Kier molecular flexibility index (Phi) is 2.80. The van der Waals surface area contributed by atoms with Crippen molar-refractivity contribution in [3.63, 3.8) is 0 Å². The van der Waals surface area contributed by atoms with Crippen LogP contribution in [0, 0.1) is 0 Å². The van der Waals surface area contributed by atoms with E-state index in [1.807, 2.05) is 54.6 Å². The van der Waals surface area contributed by atoms with Gasteiger partial charge in [-0.2, -0.15) is 0 Å². The molecule has 0 radical (unpaired) electrons. The summed E-state index contributed by atoms with van der Waals surface area (Å²) in [4.78, 5) is 0. The van der Waals surface area contributed by atoms with Gasteiger partial charge in [0, 0.05) is 10.0 Å². The summed E-state index contributed by atoms with van der Waals surface area (Å²) >= 11 is 3.45. The van der Waals surface area contributed by atoms with Crippen LogP contribution < -0.4 is 0 Å². The number of hydrogen-bond donors (Lipinski definition) is 1. The number of halogens is 1. The first-order chi connectivity index (χ1) is 8.74. The molecule has 1 aliphatic rings. The monoisotopic (exact) mass is 298 g/mol. The normalized spacial score (nSPS) is 17.7. The van der Waals surface area contributed by atoms with Gasteiger partial charge in [0.15, 0.2) is 0 Å². The number of fused-ring (bicyclic) bond motifs is 2. The molecule has 1 aliphatic carbocycles. The van der Waals surface area contributed by atoms with Crippen LogP contribution in [0.25, 0.3) is 24.0 Å². The molecule has 18 heavy (non-hydrogen) atoms. The number of aliphatic hydroxyl groups excluding tert-OH is 1. The van der Waals surface area contributed by atoms with Gasteiger partial charge in [0.2, 0.25) is 0 Å². The van der Waals surface area contributed by atoms with Crippen LogP contribution in [-0.4, -0.2) is 5.11 Å². The minimum atomic E-state index is 0.300. The maximum Gasteiger partial charge on any atom is 0.124 e. The largest absolute Gasteiger partial charge is 0.507 e. The first-order valence-electron chi connectivity index (χ1n) is 5.72. The van der Waals surface area contributed by atoms with Crippen molar-refractivity contribution in [1.82, 2.24) is 0 Å². The van der Waals surface area contributed by atoms with E-state index in [9.17, 15) is 5.11 Å². The molecule has 0 aliphatic heterocycles. The molecule has 1 nitrogen and oxygen atoms in total. The molecule has 0 unspecified atom stereocenters. The lowest BCUT2D eigenvalue weighted by atomic mass is 9.97. The second kappa shape index (κ2) is 4.46. The SMILES string of the molecule is O/C1=C/c2cc(Br)ccc2/C=C\c2ccccc21. The van der Waals surface area contributed by atoms with Crippen LogP contribution in [0.5, 0.6) is 0 Å². The van der Waals surface area contributed by atoms with Crippen LogP contribution in [0.2, 0.25) is 0 Å². The fraction of sp³-hybridized carbons (Fsp3) is 0. The van der Waals surface area contributed by atoms with Gasteiger partial charge in [-0.1, -0.05) is 58.4 Å². The molecule has 2 aromatic carbocycles. The highest BCUT2D eigenvalue weighted by molar-refractivity contribution is 9.10. The lowest BCUT2D eigenvalue weighted by Crippen LogP contribution is -1.92. The van der Waals surface area contributed by atoms with Gasteiger partial charge >= 0.3 is 0 Å². The van der Waals surface area contributed by atoms with Crippen molar-refractivity contribution in [3.8, 4) is 0 Å². The topological polar surface area (TPSA) is 20.2 Å². The van der Waals surface area contributed by atoms with Crippen LogP contribution in [0.3, 0.4) is 0 Å². The maximum absolute atomic E-state index is 10.2. The first kappa shape index (κ1) is 11.3. The van der Waals surface area contributed by atoms with Gasteiger partial charge in [-0.05, 0) is 34.9 Å². The fourth-order valence-electron chi connectivity index (χ4n) is 2.10. The Balaban J connectivity index is 2.24. The molecule has 3 rings (SSSR count). The number of hydrogen-bond acceptors (Lipinski definition) is 1. The summed E-state index contributed by atoms with van der Waals surface area (Å²) in [5.74, 6) is 0.300. The van der Waals surface area contributed by atoms with Gasteiger partial charge in [0.05, 0.1) is 0 Å². The number of aliphatic hydroxyl groups is 1. The molecule has 0 saturated carbocycles. The molecule has 1 N–H and O–H groups in total. The van der Waals surface area contributed by atoms with E-state index in [0.29, 0.717) is 5.76 Å². The van der Waals surface area contributed by atoms with Gasteiger partial charge < -0.3 is 5.11 Å². The van der Waals surface area contributed by atoms with E-state index in [1.54, 1.807) is 0 Å². The minimum Gasteiger partial charge on any atom is -0.507 e. The van der Waals surface area contributed by atoms with Crippen molar-refractivity contribution < 1.29 is 5.11 Å². The highest BCUT2D eigenvalue weighted by atomic mass is 79.9. The molecule has 0 atom stereocenters. The summed E-state index contributed by atoms with van der Waals surface area (Å²) in [7, 11) is 0. The Morgan fingerprint density at radius 2 is 1.61 bits per heavy atom. The van der Waals surface area contributed by atoms with Crippen molar-refractivity contribution in [2.45, 2.75) is 0 Å². The van der Waals surface area contributed by atoms with Crippen LogP contribution in [-0.2, 0) is 0 Å². The molecular weight excluding hydrogens is 288 g/mol. The number of benzene rings is 2. The predicted molar refractivity (Wildman–Crippen MR) is 80.0 cm³/mol. The highest BCUT2D eigenvalue weighted by Gasteiger charge is 2.08. The third kappa shape index (κ3) is 2.00. The average Bonchev–Trinajstić information content (AvgIpc) is 2.36. The summed E-state index contributed by atoms with van der Waals surface area (Å²) in [6.45, 7) is 0. The van der Waals surface area contributed by atoms with E-state index in [1.165, 1.54) is 0 Å². The van der Waals surface area contributed by atoms with Gasteiger partial charge in [-0.3, -0.25) is 0 Å². The van der Waals surface area contributed by atoms with E-state index in [4.69, 9.17) is 0 Å².